The Labute approximate surface area is 166 Å². The van der Waals surface area contributed by atoms with Crippen LogP contribution in [0, 0.1) is 5.82 Å². The fourth-order valence-electron chi connectivity index (χ4n) is 2.91. The third kappa shape index (κ3) is 4.35. The number of rotatable bonds is 2. The molecule has 0 aromatic heterocycles. The van der Waals surface area contributed by atoms with E-state index in [0.29, 0.717) is 4.47 Å². The second-order valence-corrected chi connectivity index (χ2v) is 7.40. The van der Waals surface area contributed by atoms with Gasteiger partial charge in [-0.15, -0.1) is 0 Å². The average molecular weight is 459 g/mol. The van der Waals surface area contributed by atoms with E-state index < -0.39 is 42.0 Å². The number of ether oxygens (including phenoxy) is 1. The Kier molecular flexibility index (Phi) is 5.47. The minimum Gasteiger partial charge on any atom is -0.452 e. The van der Waals surface area contributed by atoms with E-state index >= 15 is 0 Å². The zero-order valence-corrected chi connectivity index (χ0v) is 16.1. The molecule has 148 valence electrons. The molecule has 2 aromatic rings. The van der Waals surface area contributed by atoms with Crippen LogP contribution in [-0.2, 0) is 10.3 Å². The lowest BCUT2D eigenvalue weighted by atomic mass is 9.85. The van der Waals surface area contributed by atoms with Gasteiger partial charge >= 0.3 is 6.18 Å². The molecule has 3 rings (SSSR count). The Balaban J connectivity index is 2.00. The number of nitrogens with one attached hydrogen (secondary N) is 1. The number of nitrogens with zero attached hydrogens (tertiary/aromatic N) is 1. The molecule has 2 aromatic carbocycles. The molecule has 1 heterocycles. The largest absolute Gasteiger partial charge is 0.452 e. The lowest BCUT2D eigenvalue weighted by molar-refractivity contribution is -0.208. The highest BCUT2D eigenvalue weighted by Gasteiger charge is 2.50. The Bertz CT molecular complexity index is 918. The first-order valence-electron chi connectivity index (χ1n) is 8.24. The molecule has 1 aliphatic heterocycles. The Morgan fingerprint density at radius 2 is 1.93 bits per heavy atom. The smallest absolute Gasteiger partial charge is 0.425 e. The minimum absolute atomic E-state index is 0.0362. The molecule has 1 aliphatic rings. The standard InChI is InChI=1S/C19H15BrF4N2O2/c1-18(13-9-12(20)7-8-14(13)21)10-15(19(22,23)24)28-17(26-18)25-16(27)11-5-3-2-4-6-11/h2-9,15H,10H2,1H3,(H,25,26,27). The van der Waals surface area contributed by atoms with Crippen LogP contribution >= 0.6 is 15.9 Å². The van der Waals surface area contributed by atoms with Crippen LogP contribution in [-0.4, -0.2) is 24.2 Å². The van der Waals surface area contributed by atoms with Gasteiger partial charge in [0.05, 0.1) is 5.54 Å². The molecule has 0 bridgehead atoms. The van der Waals surface area contributed by atoms with Crippen molar-refractivity contribution in [2.45, 2.75) is 31.2 Å². The summed E-state index contributed by atoms with van der Waals surface area (Å²) in [7, 11) is 0. The number of amidine groups is 1. The summed E-state index contributed by atoms with van der Waals surface area (Å²) in [6, 6.07) is 11.2. The predicted molar refractivity (Wildman–Crippen MR) is 98.3 cm³/mol. The summed E-state index contributed by atoms with van der Waals surface area (Å²) >= 11 is 3.19. The summed E-state index contributed by atoms with van der Waals surface area (Å²) in [4.78, 5) is 16.4. The quantitative estimate of drug-likeness (QED) is 0.647. The summed E-state index contributed by atoms with van der Waals surface area (Å²) in [6.07, 6.45) is -7.60. The van der Waals surface area contributed by atoms with Gasteiger partial charge < -0.3 is 4.74 Å². The van der Waals surface area contributed by atoms with Gasteiger partial charge in [0, 0.05) is 22.0 Å². The van der Waals surface area contributed by atoms with Crippen molar-refractivity contribution in [3.63, 3.8) is 0 Å². The number of hydrogen-bond acceptors (Lipinski definition) is 3. The maximum atomic E-state index is 14.4. The lowest BCUT2D eigenvalue weighted by Crippen LogP contribution is -2.48. The fourth-order valence-corrected chi connectivity index (χ4v) is 3.27. The topological polar surface area (TPSA) is 50.7 Å². The van der Waals surface area contributed by atoms with Gasteiger partial charge in [-0.2, -0.15) is 13.2 Å². The molecule has 2 atom stereocenters. The van der Waals surface area contributed by atoms with Crippen molar-refractivity contribution in [3.05, 3.63) is 69.9 Å². The molecule has 28 heavy (non-hydrogen) atoms. The van der Waals surface area contributed by atoms with Crippen LogP contribution in [0.1, 0.15) is 29.3 Å². The summed E-state index contributed by atoms with van der Waals surface area (Å²) in [5.74, 6) is -1.38. The van der Waals surface area contributed by atoms with Crippen molar-refractivity contribution >= 4 is 27.9 Å². The Morgan fingerprint density at radius 3 is 2.57 bits per heavy atom. The summed E-state index contributed by atoms with van der Waals surface area (Å²) in [5.41, 5.74) is -1.41. The third-order valence-electron chi connectivity index (χ3n) is 4.32. The van der Waals surface area contributed by atoms with Crippen molar-refractivity contribution in [3.8, 4) is 0 Å². The maximum absolute atomic E-state index is 14.4. The van der Waals surface area contributed by atoms with E-state index in [9.17, 15) is 22.4 Å². The molecule has 0 saturated carbocycles. The van der Waals surface area contributed by atoms with Gasteiger partial charge in [0.2, 0.25) is 0 Å². The van der Waals surface area contributed by atoms with E-state index in [1.807, 2.05) is 0 Å². The highest BCUT2D eigenvalue weighted by atomic mass is 79.9. The molecule has 1 N–H and O–H groups in total. The number of benzene rings is 2. The van der Waals surface area contributed by atoms with Crippen LogP contribution in [0.4, 0.5) is 17.6 Å². The molecule has 4 nitrogen and oxygen atoms in total. The molecular formula is C19H15BrF4N2O2. The average Bonchev–Trinajstić information content (AvgIpc) is 2.63. The van der Waals surface area contributed by atoms with Crippen LogP contribution in [0.15, 0.2) is 58.0 Å². The highest BCUT2D eigenvalue weighted by molar-refractivity contribution is 9.10. The fraction of sp³-hybridized carbons (Fsp3) is 0.263. The first-order chi connectivity index (χ1) is 13.1. The van der Waals surface area contributed by atoms with Crippen molar-refractivity contribution < 1.29 is 27.1 Å². The van der Waals surface area contributed by atoms with Crippen LogP contribution in [0.25, 0.3) is 0 Å². The van der Waals surface area contributed by atoms with Crippen molar-refractivity contribution in [1.29, 1.82) is 0 Å². The van der Waals surface area contributed by atoms with Crippen LogP contribution in [0.5, 0.6) is 0 Å². The van der Waals surface area contributed by atoms with Gasteiger partial charge in [0.15, 0.2) is 6.10 Å². The van der Waals surface area contributed by atoms with E-state index in [0.717, 1.165) is 6.07 Å². The zero-order chi connectivity index (χ0) is 20.5. The van der Waals surface area contributed by atoms with Crippen LogP contribution in [0.3, 0.4) is 0 Å². The Morgan fingerprint density at radius 1 is 1.25 bits per heavy atom. The second kappa shape index (κ2) is 7.54. The second-order valence-electron chi connectivity index (χ2n) is 6.49. The number of alkyl halides is 3. The van der Waals surface area contributed by atoms with Crippen LogP contribution < -0.4 is 5.32 Å². The molecule has 0 fully saturated rings. The first-order valence-corrected chi connectivity index (χ1v) is 9.03. The van der Waals surface area contributed by atoms with Gasteiger partial charge in [-0.25, -0.2) is 9.38 Å². The number of halogens is 5. The minimum atomic E-state index is -4.72. The molecule has 9 heteroatoms. The molecule has 0 radical (unpaired) electrons. The van der Waals surface area contributed by atoms with E-state index in [-0.39, 0.29) is 11.1 Å². The van der Waals surface area contributed by atoms with Gasteiger partial charge in [-0.1, -0.05) is 34.1 Å². The van der Waals surface area contributed by atoms with E-state index in [1.54, 1.807) is 18.2 Å². The summed E-state index contributed by atoms with van der Waals surface area (Å²) < 4.78 is 60.0. The molecular weight excluding hydrogens is 444 g/mol. The number of carbonyl (C=O) groups is 1. The van der Waals surface area contributed by atoms with Crippen molar-refractivity contribution in [2.75, 3.05) is 0 Å². The molecule has 0 spiro atoms. The van der Waals surface area contributed by atoms with E-state index in [4.69, 9.17) is 4.74 Å². The van der Waals surface area contributed by atoms with Gasteiger partial charge in [-0.05, 0) is 37.3 Å². The van der Waals surface area contributed by atoms with E-state index in [2.05, 4.69) is 26.2 Å². The third-order valence-corrected chi connectivity index (χ3v) is 4.81. The van der Waals surface area contributed by atoms with Crippen LogP contribution in [0.2, 0.25) is 0 Å². The summed E-state index contributed by atoms with van der Waals surface area (Å²) in [6.45, 7) is 1.37. The highest BCUT2D eigenvalue weighted by Crippen LogP contribution is 2.41. The normalized spacial score (nSPS) is 22.2. The molecule has 2 unspecified atom stereocenters. The number of aliphatic imine (C=N–C) groups is 1. The summed E-state index contributed by atoms with van der Waals surface area (Å²) in [5, 5.41) is 2.25. The number of hydrogen-bond donors (Lipinski definition) is 1. The van der Waals surface area contributed by atoms with E-state index in [1.165, 1.54) is 31.2 Å². The van der Waals surface area contributed by atoms with Gasteiger partial charge in [-0.3, -0.25) is 10.1 Å². The first kappa shape index (κ1) is 20.3. The predicted octanol–water partition coefficient (Wildman–Crippen LogP) is 4.94. The van der Waals surface area contributed by atoms with Crippen molar-refractivity contribution in [2.24, 2.45) is 4.99 Å². The zero-order valence-electron chi connectivity index (χ0n) is 14.6. The monoisotopic (exact) mass is 458 g/mol. The SMILES string of the molecule is CC1(c2cc(Br)ccc2F)CC(C(F)(F)F)OC(NC(=O)c2ccccc2)=N1. The molecule has 1 amide bonds. The number of amides is 1. The lowest BCUT2D eigenvalue weighted by Gasteiger charge is -2.36. The molecule has 0 aliphatic carbocycles. The Hall–Kier alpha value is -2.42. The molecule has 0 saturated heterocycles. The van der Waals surface area contributed by atoms with Gasteiger partial charge in [0.25, 0.3) is 11.9 Å². The van der Waals surface area contributed by atoms with Crippen molar-refractivity contribution in [1.82, 2.24) is 5.32 Å². The maximum Gasteiger partial charge on any atom is 0.425 e. The van der Waals surface area contributed by atoms with Gasteiger partial charge in [0.1, 0.15) is 5.82 Å². The number of carbonyl (C=O) groups excluding carboxylic acids is 1.